The first-order valence-electron chi connectivity index (χ1n) is 3.95. The van der Waals surface area contributed by atoms with Gasteiger partial charge in [-0.25, -0.2) is 4.98 Å². The van der Waals surface area contributed by atoms with Crippen molar-refractivity contribution in [1.82, 2.24) is 9.55 Å². The smallest absolute Gasteiger partial charge is 0.317 e. The minimum atomic E-state index is -0.487. The normalized spacial score (nSPS) is 10.6. The number of nitrogens with two attached hydrogens (primary N) is 1. The van der Waals surface area contributed by atoms with Crippen LogP contribution in [0.4, 0.5) is 11.4 Å². The van der Waals surface area contributed by atoms with Gasteiger partial charge >= 0.3 is 5.69 Å². The first-order valence-corrected chi connectivity index (χ1v) is 3.95. The summed E-state index contributed by atoms with van der Waals surface area (Å²) in [5.41, 5.74) is 6.64. The second kappa shape index (κ2) is 2.69. The number of nitro benzene ring substituents is 1. The Kier molecular flexibility index (Phi) is 1.63. The Bertz CT molecular complexity index is 517. The van der Waals surface area contributed by atoms with Crippen LogP contribution in [0.1, 0.15) is 0 Å². The minimum Gasteiger partial charge on any atom is -0.393 e. The van der Waals surface area contributed by atoms with Crippen LogP contribution >= 0.6 is 0 Å². The Morgan fingerprint density at radius 3 is 2.93 bits per heavy atom. The molecule has 72 valence electrons. The molecule has 2 rings (SSSR count). The average molecular weight is 192 g/mol. The third-order valence-electron chi connectivity index (χ3n) is 2.07. The van der Waals surface area contributed by atoms with E-state index in [2.05, 4.69) is 4.98 Å². The molecule has 0 unspecified atom stereocenters. The van der Waals surface area contributed by atoms with Crippen molar-refractivity contribution in [2.75, 3.05) is 5.73 Å². The number of hydrogen-bond donors (Lipinski definition) is 1. The number of aryl methyl sites for hydroxylation is 1. The van der Waals surface area contributed by atoms with E-state index in [0.717, 1.165) is 0 Å². The van der Waals surface area contributed by atoms with Gasteiger partial charge in [-0.2, -0.15) is 0 Å². The molecule has 0 amide bonds. The van der Waals surface area contributed by atoms with Crippen LogP contribution in [0, 0.1) is 10.1 Å². The summed E-state index contributed by atoms with van der Waals surface area (Å²) in [4.78, 5) is 14.3. The van der Waals surface area contributed by atoms with Gasteiger partial charge in [-0.15, -0.1) is 0 Å². The summed E-state index contributed by atoms with van der Waals surface area (Å²) in [6, 6.07) is 3.16. The molecule has 0 aliphatic carbocycles. The van der Waals surface area contributed by atoms with Gasteiger partial charge in [0, 0.05) is 7.05 Å². The van der Waals surface area contributed by atoms with Crippen molar-refractivity contribution in [1.29, 1.82) is 0 Å². The van der Waals surface area contributed by atoms with Gasteiger partial charge in [0.25, 0.3) is 0 Å². The zero-order chi connectivity index (χ0) is 10.3. The molecule has 0 spiro atoms. The summed E-state index contributed by atoms with van der Waals surface area (Å²) in [7, 11) is 1.70. The van der Waals surface area contributed by atoms with Gasteiger partial charge in [-0.3, -0.25) is 10.1 Å². The Hall–Kier alpha value is -2.11. The zero-order valence-corrected chi connectivity index (χ0v) is 7.47. The van der Waals surface area contributed by atoms with Gasteiger partial charge in [0.15, 0.2) is 0 Å². The molecule has 0 saturated heterocycles. The number of anilines is 1. The predicted molar refractivity (Wildman–Crippen MR) is 51.8 cm³/mol. The van der Waals surface area contributed by atoms with Crippen LogP contribution in [0.15, 0.2) is 18.5 Å². The molecular formula is C8H8N4O2. The van der Waals surface area contributed by atoms with Crippen LogP contribution in [0.25, 0.3) is 11.0 Å². The number of aromatic nitrogens is 2. The van der Waals surface area contributed by atoms with Crippen LogP contribution in [-0.4, -0.2) is 14.5 Å². The van der Waals surface area contributed by atoms with Gasteiger partial charge < -0.3 is 10.3 Å². The maximum atomic E-state index is 10.8. The number of imidazole rings is 1. The van der Waals surface area contributed by atoms with Gasteiger partial charge in [0.1, 0.15) is 11.2 Å². The van der Waals surface area contributed by atoms with E-state index in [-0.39, 0.29) is 11.4 Å². The summed E-state index contributed by atoms with van der Waals surface area (Å²) >= 11 is 0. The highest BCUT2D eigenvalue weighted by molar-refractivity contribution is 5.91. The quantitative estimate of drug-likeness (QED) is 0.415. The van der Waals surface area contributed by atoms with Crippen molar-refractivity contribution < 1.29 is 4.92 Å². The van der Waals surface area contributed by atoms with Crippen molar-refractivity contribution in [2.24, 2.45) is 7.05 Å². The molecule has 1 aromatic heterocycles. The van der Waals surface area contributed by atoms with E-state index in [9.17, 15) is 10.1 Å². The van der Waals surface area contributed by atoms with E-state index < -0.39 is 4.92 Å². The molecule has 14 heavy (non-hydrogen) atoms. The van der Waals surface area contributed by atoms with E-state index in [0.29, 0.717) is 11.0 Å². The number of benzene rings is 1. The molecule has 0 radical (unpaired) electrons. The maximum absolute atomic E-state index is 10.8. The largest absolute Gasteiger partial charge is 0.393 e. The predicted octanol–water partition coefficient (Wildman–Crippen LogP) is 1.06. The first kappa shape index (κ1) is 8.49. The average Bonchev–Trinajstić information content (AvgIpc) is 2.47. The Labute approximate surface area is 79.1 Å². The fraction of sp³-hybridized carbons (Fsp3) is 0.125. The molecule has 6 nitrogen and oxygen atoms in total. The van der Waals surface area contributed by atoms with Crippen molar-refractivity contribution in [3.05, 3.63) is 28.6 Å². The van der Waals surface area contributed by atoms with Gasteiger partial charge in [0.05, 0.1) is 16.8 Å². The van der Waals surface area contributed by atoms with Crippen molar-refractivity contribution >= 4 is 22.4 Å². The molecule has 0 fully saturated rings. The number of fused-ring (bicyclic) bond motifs is 1. The first-order chi connectivity index (χ1) is 6.61. The van der Waals surface area contributed by atoms with Crippen LogP contribution < -0.4 is 5.73 Å². The maximum Gasteiger partial charge on any atom is 0.317 e. The van der Waals surface area contributed by atoms with E-state index in [1.54, 1.807) is 17.7 Å². The van der Waals surface area contributed by atoms with E-state index in [1.807, 2.05) is 0 Å². The van der Waals surface area contributed by atoms with Gasteiger partial charge in [-0.1, -0.05) is 0 Å². The number of hydrogen-bond acceptors (Lipinski definition) is 4. The summed E-state index contributed by atoms with van der Waals surface area (Å²) in [5, 5.41) is 10.8. The Morgan fingerprint density at radius 2 is 2.29 bits per heavy atom. The molecule has 0 aliphatic rings. The molecule has 1 aromatic carbocycles. The van der Waals surface area contributed by atoms with E-state index >= 15 is 0 Å². The van der Waals surface area contributed by atoms with Crippen LogP contribution in [0.3, 0.4) is 0 Å². The molecule has 6 heteroatoms. The van der Waals surface area contributed by atoms with Gasteiger partial charge in [0.2, 0.25) is 0 Å². The lowest BCUT2D eigenvalue weighted by Crippen LogP contribution is -1.98. The molecule has 2 aromatic rings. The lowest BCUT2D eigenvalue weighted by atomic mass is 10.2. The summed E-state index contributed by atoms with van der Waals surface area (Å²) in [6.45, 7) is 0. The standard InChI is InChI=1S/C8H8N4O2/c1-11-4-10-6-3-2-5(9)7(8(6)11)12(13)14/h2-4H,9H2,1H3. The molecule has 0 saturated carbocycles. The topological polar surface area (TPSA) is 87.0 Å². The lowest BCUT2D eigenvalue weighted by Gasteiger charge is -1.99. The zero-order valence-electron chi connectivity index (χ0n) is 7.47. The molecule has 0 bridgehead atoms. The second-order valence-corrected chi connectivity index (χ2v) is 2.98. The lowest BCUT2D eigenvalue weighted by molar-refractivity contribution is -0.382. The fourth-order valence-electron chi connectivity index (χ4n) is 1.43. The van der Waals surface area contributed by atoms with Crippen molar-refractivity contribution in [3.8, 4) is 0 Å². The summed E-state index contributed by atoms with van der Waals surface area (Å²) in [5.74, 6) is 0. The van der Waals surface area contributed by atoms with Crippen LogP contribution in [0.2, 0.25) is 0 Å². The number of nitro groups is 1. The van der Waals surface area contributed by atoms with E-state index in [4.69, 9.17) is 5.73 Å². The Balaban J connectivity index is 2.94. The van der Waals surface area contributed by atoms with Gasteiger partial charge in [-0.05, 0) is 12.1 Å². The molecular weight excluding hydrogens is 184 g/mol. The SMILES string of the molecule is Cn1cnc2ccc(N)c([N+](=O)[O-])c21. The third kappa shape index (κ3) is 1.00. The fourth-order valence-corrected chi connectivity index (χ4v) is 1.43. The molecule has 1 heterocycles. The highest BCUT2D eigenvalue weighted by Gasteiger charge is 2.19. The van der Waals surface area contributed by atoms with Crippen LogP contribution in [-0.2, 0) is 7.05 Å². The van der Waals surface area contributed by atoms with Crippen LogP contribution in [0.5, 0.6) is 0 Å². The van der Waals surface area contributed by atoms with E-state index in [1.165, 1.54) is 12.4 Å². The summed E-state index contributed by atoms with van der Waals surface area (Å²) in [6.07, 6.45) is 1.52. The number of nitrogens with zero attached hydrogens (tertiary/aromatic N) is 3. The molecule has 2 N–H and O–H groups in total. The van der Waals surface area contributed by atoms with Crippen molar-refractivity contribution in [3.63, 3.8) is 0 Å². The molecule has 0 atom stereocenters. The number of nitrogen functional groups attached to an aromatic ring is 1. The Morgan fingerprint density at radius 1 is 1.57 bits per heavy atom. The highest BCUT2D eigenvalue weighted by Crippen LogP contribution is 2.30. The summed E-state index contributed by atoms with van der Waals surface area (Å²) < 4.78 is 1.59. The molecule has 0 aliphatic heterocycles. The number of rotatable bonds is 1. The second-order valence-electron chi connectivity index (χ2n) is 2.98. The minimum absolute atomic E-state index is 0.0810. The third-order valence-corrected chi connectivity index (χ3v) is 2.07. The highest BCUT2D eigenvalue weighted by atomic mass is 16.6. The monoisotopic (exact) mass is 192 g/mol. The van der Waals surface area contributed by atoms with Crippen molar-refractivity contribution in [2.45, 2.75) is 0 Å².